The average molecular weight is 1220 g/mol. The molecule has 0 N–H and O–H groups in total. The van der Waals surface area contributed by atoms with Gasteiger partial charge in [0.2, 0.25) is 0 Å². The summed E-state index contributed by atoms with van der Waals surface area (Å²) >= 11 is 0. The van der Waals surface area contributed by atoms with Crippen LogP contribution in [0, 0.1) is 0 Å². The topological polar surface area (TPSA) is 32.3 Å². The summed E-state index contributed by atoms with van der Waals surface area (Å²) in [6.07, 6.45) is 0. The first-order chi connectivity index (χ1) is 46.3. The van der Waals surface area contributed by atoms with Gasteiger partial charge in [0.05, 0.1) is 11.4 Å². The van der Waals surface area contributed by atoms with E-state index in [1.807, 2.05) is 0 Å². The molecule has 14 aromatic rings. The van der Waals surface area contributed by atoms with Gasteiger partial charge >= 0.3 is 0 Å². The van der Waals surface area contributed by atoms with Gasteiger partial charge in [-0.25, -0.2) is 9.97 Å². The highest BCUT2D eigenvalue weighted by Crippen LogP contribution is 2.49. The molecule has 13 aromatic carbocycles. The highest BCUT2D eigenvalue weighted by Gasteiger charge is 2.44. The van der Waals surface area contributed by atoms with E-state index in [4.69, 9.17) is 9.97 Å². The van der Waals surface area contributed by atoms with Gasteiger partial charge in [0.25, 0.3) is 6.71 Å². The lowest BCUT2D eigenvalue weighted by Gasteiger charge is -2.44. The molecule has 5 heteroatoms. The van der Waals surface area contributed by atoms with Crippen molar-refractivity contribution in [3.8, 4) is 101 Å². The second kappa shape index (κ2) is 23.9. The maximum absolute atomic E-state index is 5.91. The molecule has 0 spiro atoms. The second-order valence-corrected chi connectivity index (χ2v) is 27.4. The number of hydrogen-bond acceptors (Lipinski definition) is 4. The largest absolute Gasteiger partial charge is 0.311 e. The van der Waals surface area contributed by atoms with E-state index in [0.717, 1.165) is 129 Å². The van der Waals surface area contributed by atoms with Crippen molar-refractivity contribution in [1.82, 2.24) is 9.97 Å². The number of hydrogen-bond donors (Lipinski definition) is 0. The SMILES string of the molecule is CC(C)(C)c1ccc(N2c3cc(-c4ccccc4)ccc3B3c4ccc(-c5ccccc5)cc4N(c4ccc(C(C)(C)C)cc4)c4cc(-c5nc(-c6cc(-c7ccccc7)cc(-c7ccccc7)c6)cc(-c6cc(-c7ccccc7)cc(-c7ccccc7)c6)n5)cc2c43)cc1. The Balaban J connectivity index is 1.02. The summed E-state index contributed by atoms with van der Waals surface area (Å²) in [5, 5.41) is 0. The second-order valence-electron chi connectivity index (χ2n) is 27.4. The Bertz CT molecular complexity index is 4720. The van der Waals surface area contributed by atoms with E-state index in [-0.39, 0.29) is 17.5 Å². The van der Waals surface area contributed by atoms with E-state index in [0.29, 0.717) is 5.82 Å². The first kappa shape index (κ1) is 58.7. The lowest BCUT2D eigenvalue weighted by Crippen LogP contribution is -2.61. The van der Waals surface area contributed by atoms with Gasteiger partial charge in [0, 0.05) is 50.8 Å². The van der Waals surface area contributed by atoms with Gasteiger partial charge in [-0.3, -0.25) is 0 Å². The van der Waals surface area contributed by atoms with Gasteiger partial charge in [0.1, 0.15) is 0 Å². The molecule has 0 aliphatic carbocycles. The fraction of sp³-hybridized carbons (Fsp3) is 0.0889. The third-order valence-electron chi connectivity index (χ3n) is 19.1. The number of fused-ring (bicyclic) bond motifs is 4. The fourth-order valence-electron chi connectivity index (χ4n) is 14.1. The zero-order valence-corrected chi connectivity index (χ0v) is 54.5. The summed E-state index contributed by atoms with van der Waals surface area (Å²) in [6.45, 7) is 13.6. The standard InChI is InChI=1S/C90H71BN4/c1-89(2,3)75-39-43-77(44-40-75)94-83-55-66(60-25-13-7-14-26-60)37-47-79(83)91-80-48-38-67(61-27-15-8-16-28-61)56-84(80)95(78-45-41-76(42-46-78)90(4,5)6)86-58-74(57-85(94)87(86)91)88-92-81(72-51-68(62-29-17-9-18-30-62)49-69(52-72)63-31-19-10-20-32-63)59-82(93-88)73-53-70(64-33-21-11-22-34-64)50-71(54-73)65-35-23-12-24-36-65/h7-59H,1-6H3. The molecule has 2 aliphatic rings. The minimum atomic E-state index is -0.152. The Labute approximate surface area is 559 Å². The van der Waals surface area contributed by atoms with Gasteiger partial charge in [-0.1, -0.05) is 272 Å². The van der Waals surface area contributed by atoms with Crippen molar-refractivity contribution in [1.29, 1.82) is 0 Å². The summed E-state index contributed by atoms with van der Waals surface area (Å²) in [5.41, 5.74) is 30.7. The Morgan fingerprint density at radius 1 is 0.242 bits per heavy atom. The van der Waals surface area contributed by atoms with Crippen molar-refractivity contribution in [3.05, 3.63) is 333 Å². The molecule has 16 rings (SSSR count). The molecule has 4 nitrogen and oxygen atoms in total. The molecule has 3 heterocycles. The zero-order chi connectivity index (χ0) is 64.4. The van der Waals surface area contributed by atoms with Gasteiger partial charge in [0.15, 0.2) is 5.82 Å². The highest BCUT2D eigenvalue weighted by molar-refractivity contribution is 7.00. The first-order valence-corrected chi connectivity index (χ1v) is 33.1. The van der Waals surface area contributed by atoms with Gasteiger partial charge in [-0.15, -0.1) is 0 Å². The maximum atomic E-state index is 5.91. The molecule has 454 valence electrons. The van der Waals surface area contributed by atoms with Crippen LogP contribution in [-0.2, 0) is 10.8 Å². The molecular formula is C90H71BN4. The van der Waals surface area contributed by atoms with E-state index >= 15 is 0 Å². The fourth-order valence-corrected chi connectivity index (χ4v) is 14.1. The van der Waals surface area contributed by atoms with Crippen molar-refractivity contribution in [2.75, 3.05) is 9.80 Å². The smallest absolute Gasteiger partial charge is 0.252 e. The number of anilines is 6. The third kappa shape index (κ3) is 11.2. The Morgan fingerprint density at radius 3 is 0.832 bits per heavy atom. The van der Waals surface area contributed by atoms with Crippen LogP contribution >= 0.6 is 0 Å². The molecule has 2 aliphatic heterocycles. The normalized spacial score (nSPS) is 12.5. The summed E-state index contributed by atoms with van der Waals surface area (Å²) in [4.78, 5) is 16.9. The predicted molar refractivity (Wildman–Crippen MR) is 402 cm³/mol. The van der Waals surface area contributed by atoms with Crippen LogP contribution in [0.2, 0.25) is 0 Å². The minimum absolute atomic E-state index is 0.0562. The summed E-state index contributed by atoms with van der Waals surface area (Å²) in [5.74, 6) is 0.615. The Hall–Kier alpha value is -11.4. The lowest BCUT2D eigenvalue weighted by molar-refractivity contribution is 0.590. The quantitative estimate of drug-likeness (QED) is 0.121. The molecule has 1 aromatic heterocycles. The highest BCUT2D eigenvalue weighted by atomic mass is 15.2. The summed E-state index contributed by atoms with van der Waals surface area (Å²) < 4.78 is 0. The zero-order valence-electron chi connectivity index (χ0n) is 54.5. The molecule has 0 unspecified atom stereocenters. The summed E-state index contributed by atoms with van der Waals surface area (Å²) in [6, 6.07) is 118. The minimum Gasteiger partial charge on any atom is -0.311 e. The molecular weight excluding hydrogens is 1150 g/mol. The number of benzene rings is 13. The van der Waals surface area contributed by atoms with Gasteiger partial charge in [-0.2, -0.15) is 0 Å². The van der Waals surface area contributed by atoms with Crippen molar-refractivity contribution >= 4 is 57.2 Å². The molecule has 0 amide bonds. The van der Waals surface area contributed by atoms with Crippen LogP contribution in [0.15, 0.2) is 322 Å². The predicted octanol–water partition coefficient (Wildman–Crippen LogP) is 22.2. The van der Waals surface area contributed by atoms with E-state index in [2.05, 4.69) is 373 Å². The van der Waals surface area contributed by atoms with Crippen LogP contribution < -0.4 is 26.2 Å². The molecule has 95 heavy (non-hydrogen) atoms. The van der Waals surface area contributed by atoms with E-state index in [1.165, 1.54) is 27.5 Å². The van der Waals surface area contributed by atoms with Crippen LogP contribution in [0.25, 0.3) is 101 Å². The van der Waals surface area contributed by atoms with Gasteiger partial charge < -0.3 is 9.80 Å². The Kier molecular flexibility index (Phi) is 14.8. The maximum Gasteiger partial charge on any atom is 0.252 e. The van der Waals surface area contributed by atoms with Crippen molar-refractivity contribution in [3.63, 3.8) is 0 Å². The lowest BCUT2D eigenvalue weighted by atomic mass is 9.33. The van der Waals surface area contributed by atoms with Crippen molar-refractivity contribution in [2.24, 2.45) is 0 Å². The van der Waals surface area contributed by atoms with Crippen molar-refractivity contribution in [2.45, 2.75) is 52.4 Å². The van der Waals surface area contributed by atoms with Crippen molar-refractivity contribution < 1.29 is 0 Å². The van der Waals surface area contributed by atoms with Crippen LogP contribution in [0.3, 0.4) is 0 Å². The van der Waals surface area contributed by atoms with Gasteiger partial charge in [-0.05, 0) is 196 Å². The Morgan fingerprint density at radius 2 is 0.526 bits per heavy atom. The molecule has 0 fully saturated rings. The number of rotatable bonds is 11. The average Bonchev–Trinajstić information content (AvgIpc) is 0.695. The van der Waals surface area contributed by atoms with Crippen LogP contribution in [0.1, 0.15) is 52.7 Å². The van der Waals surface area contributed by atoms with E-state index < -0.39 is 0 Å². The molecule has 0 saturated heterocycles. The van der Waals surface area contributed by atoms with E-state index in [9.17, 15) is 0 Å². The molecule has 0 bridgehead atoms. The third-order valence-corrected chi connectivity index (χ3v) is 19.1. The number of aromatic nitrogens is 2. The molecule has 0 atom stereocenters. The molecule has 0 saturated carbocycles. The number of nitrogens with zero attached hydrogens (tertiary/aromatic N) is 4. The van der Waals surface area contributed by atoms with Crippen LogP contribution in [-0.4, -0.2) is 16.7 Å². The first-order valence-electron chi connectivity index (χ1n) is 33.1. The molecule has 0 radical (unpaired) electrons. The summed E-state index contributed by atoms with van der Waals surface area (Å²) in [7, 11) is 0. The van der Waals surface area contributed by atoms with Crippen LogP contribution in [0.4, 0.5) is 34.1 Å². The van der Waals surface area contributed by atoms with E-state index in [1.54, 1.807) is 0 Å². The monoisotopic (exact) mass is 1220 g/mol. The van der Waals surface area contributed by atoms with Crippen LogP contribution in [0.5, 0.6) is 0 Å².